The van der Waals surface area contributed by atoms with Gasteiger partial charge in [-0.2, -0.15) is 0 Å². The fourth-order valence-electron chi connectivity index (χ4n) is 3.36. The minimum absolute atomic E-state index is 0.0281. The number of carboxylic acids is 1. The maximum Gasteiger partial charge on any atom is 0.329 e. The second kappa shape index (κ2) is 10.6. The Morgan fingerprint density at radius 1 is 1.35 bits per heavy atom. The van der Waals surface area contributed by atoms with Crippen LogP contribution in [-0.2, 0) is 14.3 Å². The molecule has 0 aromatic carbocycles. The molecule has 0 aromatic rings. The van der Waals surface area contributed by atoms with Crippen LogP contribution in [0.1, 0.15) is 58.8 Å². The van der Waals surface area contributed by atoms with Crippen LogP contribution in [0.5, 0.6) is 0 Å². The van der Waals surface area contributed by atoms with Crippen LogP contribution in [0.2, 0.25) is 0 Å². The van der Waals surface area contributed by atoms with Crippen molar-refractivity contribution in [2.24, 2.45) is 5.92 Å². The topological polar surface area (TPSA) is 104 Å². The first-order chi connectivity index (χ1) is 12.3. The highest BCUT2D eigenvalue weighted by molar-refractivity contribution is 5.85. The predicted molar refractivity (Wildman–Crippen MR) is 98.8 cm³/mol. The Balaban J connectivity index is 3.06. The molecule has 26 heavy (non-hydrogen) atoms. The molecule has 1 fully saturated rings. The average Bonchev–Trinajstić information content (AvgIpc) is 3.01. The van der Waals surface area contributed by atoms with E-state index >= 15 is 0 Å². The Labute approximate surface area is 155 Å². The number of unbranched alkanes of at least 4 members (excludes halogenated alkanes) is 1. The van der Waals surface area contributed by atoms with Gasteiger partial charge < -0.3 is 20.1 Å². The highest BCUT2D eigenvalue weighted by Crippen LogP contribution is 2.37. The smallest absolute Gasteiger partial charge is 0.329 e. The summed E-state index contributed by atoms with van der Waals surface area (Å²) in [7, 11) is 0. The zero-order chi connectivity index (χ0) is 19.6. The third kappa shape index (κ3) is 7.02. The van der Waals surface area contributed by atoms with Crippen LogP contribution in [0.15, 0.2) is 24.3 Å². The Bertz CT molecular complexity index is 522. The third-order valence-corrected chi connectivity index (χ3v) is 4.78. The number of carbonyl (C=O) groups excluding carboxylic acids is 1. The molecule has 1 aliphatic rings. The lowest BCUT2D eigenvalue weighted by Gasteiger charge is -2.33. The highest BCUT2D eigenvalue weighted by atomic mass is 16.5. The molecule has 1 saturated carbocycles. The fraction of sp³-hybridized carbons (Fsp3) is 0.700. The summed E-state index contributed by atoms with van der Waals surface area (Å²) in [5.74, 6) is -1.58. The van der Waals surface area contributed by atoms with Crippen molar-refractivity contribution in [1.29, 1.82) is 0 Å². The summed E-state index contributed by atoms with van der Waals surface area (Å²) in [6.45, 7) is 3.04. The zero-order valence-corrected chi connectivity index (χ0v) is 15.8. The normalized spacial score (nSPS) is 22.8. The highest BCUT2D eigenvalue weighted by Gasteiger charge is 2.42. The van der Waals surface area contributed by atoms with Crippen molar-refractivity contribution in [3.8, 4) is 0 Å². The molecule has 3 atom stereocenters. The summed E-state index contributed by atoms with van der Waals surface area (Å²) in [4.78, 5) is 23.3. The summed E-state index contributed by atoms with van der Waals surface area (Å²) in [6, 6.07) is 0. The summed E-state index contributed by atoms with van der Waals surface area (Å²) in [6.07, 6.45) is 11.2. The second-order valence-electron chi connectivity index (χ2n) is 7.24. The molecule has 1 rings (SSSR count). The van der Waals surface area contributed by atoms with E-state index < -0.39 is 29.7 Å². The van der Waals surface area contributed by atoms with Crippen LogP contribution in [0, 0.1) is 5.92 Å². The van der Waals surface area contributed by atoms with Crippen LogP contribution < -0.4 is 0 Å². The maximum atomic E-state index is 12.3. The summed E-state index contributed by atoms with van der Waals surface area (Å²) in [5, 5.41) is 28.6. The van der Waals surface area contributed by atoms with Crippen molar-refractivity contribution in [1.82, 2.24) is 0 Å². The first-order valence-corrected chi connectivity index (χ1v) is 9.33. The molecule has 0 spiro atoms. The van der Waals surface area contributed by atoms with Gasteiger partial charge in [-0.25, -0.2) is 4.79 Å². The Morgan fingerprint density at radius 2 is 2.04 bits per heavy atom. The monoisotopic (exact) mass is 368 g/mol. The number of hydrogen-bond acceptors (Lipinski definition) is 5. The molecule has 6 nitrogen and oxygen atoms in total. The number of Topliss-reactive ketones (excluding diaryl/α,β-unsaturated/α-hetero) is 1. The van der Waals surface area contributed by atoms with Crippen molar-refractivity contribution < 1.29 is 29.6 Å². The molecule has 3 N–H and O–H groups in total. The number of aliphatic carboxylic acids is 1. The Hall–Kier alpha value is -1.50. The number of aliphatic hydroxyl groups is 2. The molecule has 0 bridgehead atoms. The molecular weight excluding hydrogens is 336 g/mol. The fourth-order valence-corrected chi connectivity index (χ4v) is 3.36. The van der Waals surface area contributed by atoms with Gasteiger partial charge in [0, 0.05) is 6.42 Å². The van der Waals surface area contributed by atoms with E-state index in [1.54, 1.807) is 25.2 Å². The van der Waals surface area contributed by atoms with E-state index in [-0.39, 0.29) is 12.4 Å². The lowest BCUT2D eigenvalue weighted by molar-refractivity contribution is -0.149. The maximum absolute atomic E-state index is 12.3. The van der Waals surface area contributed by atoms with E-state index in [9.17, 15) is 14.7 Å². The van der Waals surface area contributed by atoms with Gasteiger partial charge in [-0.3, -0.25) is 4.79 Å². The van der Waals surface area contributed by atoms with Gasteiger partial charge in [-0.05, 0) is 38.7 Å². The minimum atomic E-state index is -1.21. The van der Waals surface area contributed by atoms with Crippen LogP contribution in [-0.4, -0.2) is 51.5 Å². The van der Waals surface area contributed by atoms with Gasteiger partial charge in [0.2, 0.25) is 0 Å². The van der Waals surface area contributed by atoms with E-state index in [0.29, 0.717) is 25.7 Å². The Kier molecular flexibility index (Phi) is 9.19. The van der Waals surface area contributed by atoms with Crippen molar-refractivity contribution in [2.45, 2.75) is 70.0 Å². The van der Waals surface area contributed by atoms with Crippen molar-refractivity contribution in [3.63, 3.8) is 0 Å². The van der Waals surface area contributed by atoms with Gasteiger partial charge in [0.1, 0.15) is 18.0 Å². The summed E-state index contributed by atoms with van der Waals surface area (Å²) >= 11 is 0. The molecule has 0 aromatic heterocycles. The van der Waals surface area contributed by atoms with Gasteiger partial charge in [-0.1, -0.05) is 38.0 Å². The van der Waals surface area contributed by atoms with E-state index in [1.807, 2.05) is 0 Å². The summed E-state index contributed by atoms with van der Waals surface area (Å²) in [5.41, 5.74) is -2.08. The molecule has 0 saturated heterocycles. The molecule has 148 valence electrons. The van der Waals surface area contributed by atoms with Crippen LogP contribution >= 0.6 is 0 Å². The number of aliphatic hydroxyl groups excluding tert-OH is 1. The van der Waals surface area contributed by atoms with Crippen molar-refractivity contribution >= 4 is 11.8 Å². The lowest BCUT2D eigenvalue weighted by atomic mass is 9.83. The summed E-state index contributed by atoms with van der Waals surface area (Å²) < 4.78 is 5.66. The predicted octanol–water partition coefficient (Wildman–Crippen LogP) is 2.63. The molecule has 0 amide bonds. The van der Waals surface area contributed by atoms with Crippen LogP contribution in [0.25, 0.3) is 0 Å². The van der Waals surface area contributed by atoms with Gasteiger partial charge in [0.15, 0.2) is 0 Å². The number of rotatable bonds is 12. The molecule has 1 aliphatic carbocycles. The zero-order valence-electron chi connectivity index (χ0n) is 15.8. The van der Waals surface area contributed by atoms with Gasteiger partial charge >= 0.3 is 5.97 Å². The SMILES string of the molecule is CCCCC(C)(O)C/C=C/C(/C=C\CO)(OCC(=O)O)[C@H]1CCCC1=O. The van der Waals surface area contributed by atoms with Gasteiger partial charge in [0.05, 0.1) is 18.1 Å². The largest absolute Gasteiger partial charge is 0.480 e. The van der Waals surface area contributed by atoms with E-state index in [1.165, 1.54) is 6.08 Å². The third-order valence-electron chi connectivity index (χ3n) is 4.78. The van der Waals surface area contributed by atoms with Crippen LogP contribution in [0.3, 0.4) is 0 Å². The molecule has 0 radical (unpaired) electrons. The number of ketones is 1. The molecule has 2 unspecified atom stereocenters. The molecular formula is C20H32O6. The van der Waals surface area contributed by atoms with Gasteiger partial charge in [0.25, 0.3) is 0 Å². The van der Waals surface area contributed by atoms with E-state index in [4.69, 9.17) is 14.9 Å². The molecule has 0 aliphatic heterocycles. The van der Waals surface area contributed by atoms with Gasteiger partial charge in [-0.15, -0.1) is 0 Å². The van der Waals surface area contributed by atoms with E-state index in [0.717, 1.165) is 19.3 Å². The van der Waals surface area contributed by atoms with Crippen LogP contribution in [0.4, 0.5) is 0 Å². The van der Waals surface area contributed by atoms with Crippen molar-refractivity contribution in [3.05, 3.63) is 24.3 Å². The standard InChI is InChI=1S/C20H32O6/c1-3-4-10-19(2,25)11-6-12-20(13-7-14-21,26-15-18(23)24)16-8-5-9-17(16)22/h6-7,12-13,16,21,25H,3-5,8-11,14-15H2,1-2H3,(H,23,24)/b12-6+,13-7-/t16-,19?,20?/m0/s1. The first-order valence-electron chi connectivity index (χ1n) is 9.33. The molecule has 0 heterocycles. The lowest BCUT2D eigenvalue weighted by Crippen LogP contribution is -2.41. The number of hydrogen-bond donors (Lipinski definition) is 3. The number of carbonyl (C=O) groups is 2. The Morgan fingerprint density at radius 3 is 2.58 bits per heavy atom. The average molecular weight is 368 g/mol. The first kappa shape index (κ1) is 22.5. The second-order valence-corrected chi connectivity index (χ2v) is 7.24. The number of ether oxygens (including phenoxy) is 1. The van der Waals surface area contributed by atoms with E-state index in [2.05, 4.69) is 6.92 Å². The van der Waals surface area contributed by atoms with Crippen molar-refractivity contribution in [2.75, 3.05) is 13.2 Å². The molecule has 6 heteroatoms. The minimum Gasteiger partial charge on any atom is -0.480 e. The quantitative estimate of drug-likeness (QED) is 0.458. The number of carboxylic acid groups (broad SMARTS) is 1.